The van der Waals surface area contributed by atoms with Crippen molar-refractivity contribution in [3.63, 3.8) is 0 Å². The molecule has 3 N–H and O–H groups in total. The van der Waals surface area contributed by atoms with Crippen molar-refractivity contribution < 1.29 is 29.0 Å². The summed E-state index contributed by atoms with van der Waals surface area (Å²) in [5.74, 6) is -0.871. The Bertz CT molecular complexity index is 558. The largest absolute Gasteiger partial charge is 0.480 e. The summed E-state index contributed by atoms with van der Waals surface area (Å²) in [6, 6.07) is -0.168. The third-order valence-electron chi connectivity index (χ3n) is 5.48. The van der Waals surface area contributed by atoms with Gasteiger partial charge in [0.2, 0.25) is 0 Å². The number of aliphatic carboxylic acids is 1. The highest BCUT2D eigenvalue weighted by molar-refractivity contribution is 5.85. The van der Waals surface area contributed by atoms with Gasteiger partial charge in [-0.15, -0.1) is 24.8 Å². The van der Waals surface area contributed by atoms with E-state index in [0.717, 1.165) is 45.4 Å². The van der Waals surface area contributed by atoms with Crippen LogP contribution in [0.25, 0.3) is 0 Å². The maximum absolute atomic E-state index is 12.4. The highest BCUT2D eigenvalue weighted by atomic mass is 35.5. The highest BCUT2D eigenvalue weighted by Crippen LogP contribution is 2.18. The van der Waals surface area contributed by atoms with Crippen LogP contribution in [0.4, 0.5) is 4.79 Å². The Hall–Kier alpha value is -1.33. The van der Waals surface area contributed by atoms with E-state index in [2.05, 4.69) is 10.6 Å². The van der Waals surface area contributed by atoms with E-state index in [-0.39, 0.29) is 69.7 Å². The number of amides is 2. The highest BCUT2D eigenvalue weighted by Gasteiger charge is 2.24. The number of hydrogen-bond acceptors (Lipinski definition) is 7. The van der Waals surface area contributed by atoms with E-state index in [1.807, 2.05) is 0 Å². The van der Waals surface area contributed by atoms with Crippen LogP contribution in [-0.2, 0) is 19.1 Å². The monoisotopic (exact) mass is 500 g/mol. The van der Waals surface area contributed by atoms with Gasteiger partial charge in [0.1, 0.15) is 0 Å². The summed E-state index contributed by atoms with van der Waals surface area (Å²) in [6.45, 7) is 6.28. The van der Waals surface area contributed by atoms with Crippen molar-refractivity contribution in [2.24, 2.45) is 5.92 Å². The van der Waals surface area contributed by atoms with Gasteiger partial charge in [-0.2, -0.15) is 0 Å². The van der Waals surface area contributed by atoms with E-state index in [0.29, 0.717) is 19.0 Å². The zero-order valence-electron chi connectivity index (χ0n) is 18.8. The Morgan fingerprint density at radius 1 is 1.09 bits per heavy atom. The summed E-state index contributed by atoms with van der Waals surface area (Å²) in [7, 11) is 0. The minimum atomic E-state index is -1.03. The van der Waals surface area contributed by atoms with Gasteiger partial charge < -0.3 is 30.1 Å². The number of esters is 1. The Labute approximate surface area is 202 Å². The summed E-state index contributed by atoms with van der Waals surface area (Å²) in [4.78, 5) is 38.2. The van der Waals surface area contributed by atoms with Crippen LogP contribution in [0.3, 0.4) is 0 Å². The Morgan fingerprint density at radius 3 is 2.34 bits per heavy atom. The molecule has 0 saturated carbocycles. The molecular formula is C20H38Cl2N4O6. The lowest BCUT2D eigenvalue weighted by Crippen LogP contribution is -2.48. The second-order valence-electron chi connectivity index (χ2n) is 7.85. The van der Waals surface area contributed by atoms with Crippen molar-refractivity contribution in [2.75, 3.05) is 65.6 Å². The molecule has 12 heteroatoms. The minimum Gasteiger partial charge on any atom is -0.480 e. The lowest BCUT2D eigenvalue weighted by molar-refractivity contribution is -0.145. The van der Waals surface area contributed by atoms with Gasteiger partial charge in [0, 0.05) is 32.8 Å². The van der Waals surface area contributed by atoms with Gasteiger partial charge in [-0.1, -0.05) is 0 Å². The number of carboxylic acid groups (broad SMARTS) is 1. The Morgan fingerprint density at radius 2 is 1.75 bits per heavy atom. The molecule has 0 aliphatic carbocycles. The number of urea groups is 1. The predicted molar refractivity (Wildman–Crippen MR) is 125 cm³/mol. The number of carbonyl (C=O) groups is 3. The molecule has 0 radical (unpaired) electrons. The first-order valence-corrected chi connectivity index (χ1v) is 10.9. The smallest absolute Gasteiger partial charge is 0.320 e. The third kappa shape index (κ3) is 12.1. The first kappa shape index (κ1) is 30.7. The van der Waals surface area contributed by atoms with E-state index in [9.17, 15) is 14.4 Å². The van der Waals surface area contributed by atoms with E-state index in [1.54, 1.807) is 11.8 Å². The summed E-state index contributed by atoms with van der Waals surface area (Å²) in [5, 5.41) is 15.2. The van der Waals surface area contributed by atoms with Gasteiger partial charge in [0.25, 0.3) is 0 Å². The SMILES string of the molecule is CCOC(=O)CN(CCNC(=O)N1CCC(OCC2CCNCC2)CC1)CC(=O)O.Cl.Cl. The van der Waals surface area contributed by atoms with Crippen LogP contribution in [0.1, 0.15) is 32.6 Å². The Balaban J connectivity index is 0.00000480. The van der Waals surface area contributed by atoms with E-state index >= 15 is 0 Å². The molecule has 32 heavy (non-hydrogen) atoms. The molecular weight excluding hydrogens is 463 g/mol. The number of likely N-dealkylation sites (tertiary alicyclic amines) is 1. The van der Waals surface area contributed by atoms with Gasteiger partial charge >= 0.3 is 18.0 Å². The van der Waals surface area contributed by atoms with Crippen molar-refractivity contribution in [2.45, 2.75) is 38.7 Å². The number of carbonyl (C=O) groups excluding carboxylic acids is 2. The minimum absolute atomic E-state index is 0. The van der Waals surface area contributed by atoms with E-state index in [1.165, 1.54) is 4.90 Å². The number of carboxylic acids is 1. The number of ether oxygens (including phenoxy) is 2. The number of nitrogens with one attached hydrogen (secondary N) is 2. The quantitative estimate of drug-likeness (QED) is 0.359. The Kier molecular flexibility index (Phi) is 16.5. The van der Waals surface area contributed by atoms with Gasteiger partial charge in [0.15, 0.2) is 0 Å². The molecule has 0 aromatic heterocycles. The molecule has 0 bridgehead atoms. The summed E-state index contributed by atoms with van der Waals surface area (Å²) in [5.41, 5.74) is 0. The van der Waals surface area contributed by atoms with E-state index in [4.69, 9.17) is 14.6 Å². The zero-order chi connectivity index (χ0) is 21.8. The van der Waals surface area contributed by atoms with Crippen molar-refractivity contribution in [3.05, 3.63) is 0 Å². The molecule has 10 nitrogen and oxygen atoms in total. The van der Waals surface area contributed by atoms with Gasteiger partial charge in [-0.3, -0.25) is 14.5 Å². The van der Waals surface area contributed by atoms with Gasteiger partial charge in [-0.05, 0) is 51.6 Å². The average molecular weight is 501 g/mol. The van der Waals surface area contributed by atoms with Crippen molar-refractivity contribution in [3.8, 4) is 0 Å². The molecule has 2 heterocycles. The number of hydrogen-bond donors (Lipinski definition) is 3. The maximum Gasteiger partial charge on any atom is 0.320 e. The van der Waals surface area contributed by atoms with Crippen molar-refractivity contribution in [1.82, 2.24) is 20.4 Å². The van der Waals surface area contributed by atoms with Crippen LogP contribution in [0.2, 0.25) is 0 Å². The normalized spacial score (nSPS) is 17.2. The number of halogens is 2. The molecule has 0 aromatic carbocycles. The first-order valence-electron chi connectivity index (χ1n) is 10.9. The fourth-order valence-corrected chi connectivity index (χ4v) is 3.77. The molecule has 0 spiro atoms. The van der Waals surface area contributed by atoms with Crippen molar-refractivity contribution >= 4 is 42.8 Å². The lowest BCUT2D eigenvalue weighted by Gasteiger charge is -2.33. The fraction of sp³-hybridized carbons (Fsp3) is 0.850. The molecule has 2 fully saturated rings. The molecule has 0 unspecified atom stereocenters. The molecule has 0 atom stereocenters. The standard InChI is InChI=1S/C20H36N4O6.2ClH/c1-2-29-19(27)14-23(13-18(25)26)12-9-22-20(28)24-10-5-17(6-11-24)30-15-16-3-7-21-8-4-16;;/h16-17,21H,2-15H2,1H3,(H,22,28)(H,25,26);2*1H. The molecule has 2 aliphatic rings. The zero-order valence-corrected chi connectivity index (χ0v) is 20.4. The molecule has 2 aliphatic heterocycles. The second kappa shape index (κ2) is 17.2. The third-order valence-corrected chi connectivity index (χ3v) is 5.48. The number of nitrogens with zero attached hydrogens (tertiary/aromatic N) is 2. The van der Waals surface area contributed by atoms with Crippen molar-refractivity contribution in [1.29, 1.82) is 0 Å². The summed E-state index contributed by atoms with van der Waals surface area (Å²) in [6.07, 6.45) is 4.19. The predicted octanol–water partition coefficient (Wildman–Crippen LogP) is 0.970. The second-order valence-corrected chi connectivity index (χ2v) is 7.85. The topological polar surface area (TPSA) is 120 Å². The number of piperidine rings is 2. The molecule has 2 rings (SSSR count). The fourth-order valence-electron chi connectivity index (χ4n) is 3.77. The lowest BCUT2D eigenvalue weighted by atomic mass is 9.99. The average Bonchev–Trinajstić information content (AvgIpc) is 2.73. The van der Waals surface area contributed by atoms with Crippen LogP contribution in [-0.4, -0.2) is 105 Å². The van der Waals surface area contributed by atoms with Crippen LogP contribution in [0, 0.1) is 5.92 Å². The molecule has 2 saturated heterocycles. The van der Waals surface area contributed by atoms with Crippen LogP contribution in [0.15, 0.2) is 0 Å². The first-order chi connectivity index (χ1) is 14.5. The maximum atomic E-state index is 12.4. The summed E-state index contributed by atoms with van der Waals surface area (Å²) < 4.78 is 10.9. The number of rotatable bonds is 11. The van der Waals surface area contributed by atoms with Crippen LogP contribution < -0.4 is 10.6 Å². The molecule has 188 valence electrons. The molecule has 2 amide bonds. The van der Waals surface area contributed by atoms with Crippen LogP contribution >= 0.6 is 24.8 Å². The summed E-state index contributed by atoms with van der Waals surface area (Å²) >= 11 is 0. The van der Waals surface area contributed by atoms with Gasteiger partial charge in [-0.25, -0.2) is 4.79 Å². The van der Waals surface area contributed by atoms with Gasteiger partial charge in [0.05, 0.1) is 25.8 Å². The van der Waals surface area contributed by atoms with Crippen LogP contribution in [0.5, 0.6) is 0 Å². The van der Waals surface area contributed by atoms with E-state index < -0.39 is 11.9 Å². The molecule has 0 aromatic rings.